The monoisotopic (exact) mass is 381 g/mol. The van der Waals surface area contributed by atoms with E-state index >= 15 is 0 Å². The molecule has 0 aliphatic carbocycles. The number of alkyl halides is 2. The summed E-state index contributed by atoms with van der Waals surface area (Å²) in [4.78, 5) is 10.1. The Bertz CT molecular complexity index is 821. The molecular weight excluding hydrogens is 373 g/mol. The van der Waals surface area contributed by atoms with Gasteiger partial charge in [-0.25, -0.2) is 13.2 Å². The number of nitro groups is 1. The van der Waals surface area contributed by atoms with Gasteiger partial charge in [-0.15, -0.1) is 0 Å². The number of rotatable bonds is 5. The molecule has 0 radical (unpaired) electrons. The normalized spacial score (nSPS) is 11.5. The van der Waals surface area contributed by atoms with Gasteiger partial charge in [-0.2, -0.15) is 8.78 Å². The van der Waals surface area contributed by atoms with E-state index in [1.165, 1.54) is 6.92 Å². The summed E-state index contributed by atoms with van der Waals surface area (Å²) in [5.74, 6) is -9.74. The maximum atomic E-state index is 14.0. The van der Waals surface area contributed by atoms with Crippen LogP contribution in [-0.4, -0.2) is 11.5 Å². The Hall–Kier alpha value is -2.42. The van der Waals surface area contributed by atoms with Crippen molar-refractivity contribution in [2.75, 3.05) is 6.61 Å². The third kappa shape index (κ3) is 3.98. The summed E-state index contributed by atoms with van der Waals surface area (Å²) in [7, 11) is 0. The summed E-state index contributed by atoms with van der Waals surface area (Å²) in [5, 5.41) is 10.7. The van der Waals surface area contributed by atoms with E-state index in [2.05, 4.69) is 0 Å². The molecule has 134 valence electrons. The van der Waals surface area contributed by atoms with Crippen LogP contribution in [0.1, 0.15) is 11.1 Å². The van der Waals surface area contributed by atoms with Gasteiger partial charge in [0.25, 0.3) is 5.69 Å². The summed E-state index contributed by atoms with van der Waals surface area (Å²) in [6.07, 6.45) is 0. The van der Waals surface area contributed by atoms with Gasteiger partial charge in [-0.3, -0.25) is 10.1 Å². The molecule has 0 bridgehead atoms. The van der Waals surface area contributed by atoms with Gasteiger partial charge in [0.05, 0.1) is 16.0 Å². The van der Waals surface area contributed by atoms with E-state index in [4.69, 9.17) is 16.3 Å². The summed E-state index contributed by atoms with van der Waals surface area (Å²) in [6.45, 7) is -0.0239. The van der Waals surface area contributed by atoms with E-state index in [0.717, 1.165) is 12.1 Å². The molecule has 4 nitrogen and oxygen atoms in total. The molecule has 0 atom stereocenters. The zero-order valence-electron chi connectivity index (χ0n) is 12.5. The number of benzene rings is 2. The quantitative estimate of drug-likeness (QED) is 0.312. The minimum absolute atomic E-state index is 0.140. The maximum absolute atomic E-state index is 14.0. The lowest BCUT2D eigenvalue weighted by atomic mass is 10.1. The number of aryl methyl sites for hydroxylation is 1. The van der Waals surface area contributed by atoms with Crippen molar-refractivity contribution >= 4 is 17.3 Å². The second kappa shape index (κ2) is 6.83. The van der Waals surface area contributed by atoms with E-state index in [-0.39, 0.29) is 22.7 Å². The Morgan fingerprint density at radius 2 is 1.72 bits per heavy atom. The number of halogens is 6. The van der Waals surface area contributed by atoms with Crippen molar-refractivity contribution < 1.29 is 31.6 Å². The highest BCUT2D eigenvalue weighted by Crippen LogP contribution is 2.35. The van der Waals surface area contributed by atoms with Crippen LogP contribution in [0.3, 0.4) is 0 Å². The van der Waals surface area contributed by atoms with Gasteiger partial charge in [0.2, 0.25) is 0 Å². The molecule has 2 aromatic carbocycles. The Morgan fingerprint density at radius 3 is 2.24 bits per heavy atom. The summed E-state index contributed by atoms with van der Waals surface area (Å²) in [6, 6.07) is 2.30. The van der Waals surface area contributed by atoms with Crippen LogP contribution in [-0.2, 0) is 5.92 Å². The molecule has 2 aromatic rings. The zero-order valence-corrected chi connectivity index (χ0v) is 13.2. The van der Waals surface area contributed by atoms with E-state index < -0.39 is 51.9 Å². The lowest BCUT2D eigenvalue weighted by Gasteiger charge is -2.18. The van der Waals surface area contributed by atoms with Crippen molar-refractivity contribution in [2.24, 2.45) is 0 Å². The topological polar surface area (TPSA) is 52.4 Å². The minimum atomic E-state index is -3.90. The Labute approximate surface area is 142 Å². The molecule has 10 heteroatoms. The number of hydrogen-bond acceptors (Lipinski definition) is 3. The molecule has 2 rings (SSSR count). The number of nitrogens with zero attached hydrogens (tertiary/aromatic N) is 1. The first kappa shape index (κ1) is 18.9. The lowest BCUT2D eigenvalue weighted by molar-refractivity contribution is -0.385. The lowest BCUT2D eigenvalue weighted by Crippen LogP contribution is -2.24. The second-order valence-electron chi connectivity index (χ2n) is 5.07. The van der Waals surface area contributed by atoms with Crippen molar-refractivity contribution in [1.82, 2.24) is 0 Å². The first-order chi connectivity index (χ1) is 11.5. The fourth-order valence-electron chi connectivity index (χ4n) is 1.97. The second-order valence-corrected chi connectivity index (χ2v) is 5.48. The molecule has 0 saturated heterocycles. The van der Waals surface area contributed by atoms with Crippen LogP contribution in [0.4, 0.5) is 27.6 Å². The van der Waals surface area contributed by atoms with Gasteiger partial charge in [-0.05, 0) is 25.1 Å². The first-order valence-electron chi connectivity index (χ1n) is 6.63. The van der Waals surface area contributed by atoms with Gasteiger partial charge in [-0.1, -0.05) is 11.6 Å². The zero-order chi connectivity index (χ0) is 18.9. The van der Waals surface area contributed by atoms with Crippen LogP contribution in [0.5, 0.6) is 5.75 Å². The van der Waals surface area contributed by atoms with Crippen molar-refractivity contribution in [1.29, 1.82) is 0 Å². The number of nitro benzene ring substituents is 1. The molecule has 0 N–H and O–H groups in total. The van der Waals surface area contributed by atoms with Crippen molar-refractivity contribution in [3.8, 4) is 5.75 Å². The molecule has 25 heavy (non-hydrogen) atoms. The molecular formula is C15H9ClF5NO3. The molecule has 0 unspecified atom stereocenters. The minimum Gasteiger partial charge on any atom is -0.485 e. The molecule has 0 spiro atoms. The first-order valence-corrected chi connectivity index (χ1v) is 7.01. The number of ether oxygens (including phenoxy) is 1. The van der Waals surface area contributed by atoms with Gasteiger partial charge in [0.1, 0.15) is 5.75 Å². The van der Waals surface area contributed by atoms with Crippen LogP contribution in [0, 0.1) is 34.5 Å². The standard InChI is InChI=1S/C15H9ClF5NO3/c1-7-2-9(16)13(5-12(7)22(23)24)25-6-15(20,21)8-3-10(17)14(19)11(18)4-8/h2-5H,6H2,1H3. The fourth-order valence-corrected chi connectivity index (χ4v) is 2.24. The predicted octanol–water partition coefficient (Wildman–Crippen LogP) is 5.14. The summed E-state index contributed by atoms with van der Waals surface area (Å²) < 4.78 is 71.9. The van der Waals surface area contributed by atoms with Gasteiger partial charge in [0.15, 0.2) is 24.1 Å². The molecule has 0 amide bonds. The number of hydrogen-bond donors (Lipinski definition) is 0. The summed E-state index contributed by atoms with van der Waals surface area (Å²) >= 11 is 5.79. The van der Waals surface area contributed by atoms with Gasteiger partial charge in [0, 0.05) is 11.1 Å². The Kier molecular flexibility index (Phi) is 5.17. The van der Waals surface area contributed by atoms with Crippen LogP contribution in [0.2, 0.25) is 5.02 Å². The van der Waals surface area contributed by atoms with Crippen molar-refractivity contribution in [3.63, 3.8) is 0 Å². The van der Waals surface area contributed by atoms with E-state index in [0.29, 0.717) is 0 Å². The Balaban J connectivity index is 2.28. The third-order valence-electron chi connectivity index (χ3n) is 3.26. The van der Waals surface area contributed by atoms with Gasteiger partial charge >= 0.3 is 5.92 Å². The average Bonchev–Trinajstić information content (AvgIpc) is 2.50. The maximum Gasteiger partial charge on any atom is 0.306 e. The highest BCUT2D eigenvalue weighted by Gasteiger charge is 2.35. The van der Waals surface area contributed by atoms with Crippen LogP contribution >= 0.6 is 11.6 Å². The molecule has 0 aromatic heterocycles. The van der Waals surface area contributed by atoms with Crippen molar-refractivity contribution in [3.05, 3.63) is 68.0 Å². The smallest absolute Gasteiger partial charge is 0.306 e. The largest absolute Gasteiger partial charge is 0.485 e. The van der Waals surface area contributed by atoms with Gasteiger partial charge < -0.3 is 4.74 Å². The van der Waals surface area contributed by atoms with Crippen LogP contribution < -0.4 is 4.74 Å². The molecule has 0 aliphatic heterocycles. The van der Waals surface area contributed by atoms with E-state index in [1.54, 1.807) is 0 Å². The van der Waals surface area contributed by atoms with Crippen molar-refractivity contribution in [2.45, 2.75) is 12.8 Å². The summed E-state index contributed by atoms with van der Waals surface area (Å²) in [5.41, 5.74) is -1.36. The highest BCUT2D eigenvalue weighted by molar-refractivity contribution is 6.32. The van der Waals surface area contributed by atoms with Crippen LogP contribution in [0.15, 0.2) is 24.3 Å². The molecule has 0 heterocycles. The third-order valence-corrected chi connectivity index (χ3v) is 3.56. The van der Waals surface area contributed by atoms with E-state index in [1.807, 2.05) is 0 Å². The SMILES string of the molecule is Cc1cc(Cl)c(OCC(F)(F)c2cc(F)c(F)c(F)c2)cc1[N+](=O)[O-]. The predicted molar refractivity (Wildman–Crippen MR) is 78.5 cm³/mol. The fraction of sp³-hybridized carbons (Fsp3) is 0.200. The average molecular weight is 382 g/mol. The molecule has 0 aliphatic rings. The van der Waals surface area contributed by atoms with Crippen LogP contribution in [0.25, 0.3) is 0 Å². The molecule has 0 saturated carbocycles. The Morgan fingerprint density at radius 1 is 1.16 bits per heavy atom. The van der Waals surface area contributed by atoms with E-state index in [9.17, 15) is 32.1 Å². The highest BCUT2D eigenvalue weighted by atomic mass is 35.5. The molecule has 0 fully saturated rings.